The van der Waals surface area contributed by atoms with E-state index in [4.69, 9.17) is 0 Å². The molecule has 2 aromatic carbocycles. The van der Waals surface area contributed by atoms with Crippen LogP contribution in [0.1, 0.15) is 19.3 Å². The summed E-state index contributed by atoms with van der Waals surface area (Å²) >= 11 is 0. The summed E-state index contributed by atoms with van der Waals surface area (Å²) in [5, 5.41) is 5.25. The zero-order chi connectivity index (χ0) is 27.3. The number of hydrogen-bond donors (Lipinski definition) is 0. The highest BCUT2D eigenvalue weighted by molar-refractivity contribution is 5.93. The van der Waals surface area contributed by atoms with Gasteiger partial charge in [0.25, 0.3) is 0 Å². The van der Waals surface area contributed by atoms with Gasteiger partial charge in [-0.1, -0.05) is 24.3 Å². The third-order valence-electron chi connectivity index (χ3n) is 7.44. The molecular formula is C28H25F3N6O2. The van der Waals surface area contributed by atoms with E-state index in [2.05, 4.69) is 10.1 Å². The third-order valence-corrected chi connectivity index (χ3v) is 7.44. The summed E-state index contributed by atoms with van der Waals surface area (Å²) in [6, 6.07) is 12.5. The zero-order valence-electron chi connectivity index (χ0n) is 21.1. The molecule has 1 aliphatic heterocycles. The van der Waals surface area contributed by atoms with Crippen molar-refractivity contribution < 1.29 is 18.0 Å². The summed E-state index contributed by atoms with van der Waals surface area (Å²) in [4.78, 5) is 32.0. The van der Waals surface area contributed by atoms with Gasteiger partial charge in [-0.15, -0.1) is 0 Å². The van der Waals surface area contributed by atoms with Gasteiger partial charge in [-0.05, 0) is 49.1 Å². The number of rotatable bonds is 4. The Morgan fingerprint density at radius 3 is 2.46 bits per heavy atom. The summed E-state index contributed by atoms with van der Waals surface area (Å²) in [5.74, 6) is -0.713. The summed E-state index contributed by atoms with van der Waals surface area (Å²) in [7, 11) is 1.85. The number of halogens is 3. The minimum Gasteiger partial charge on any atom is -0.329 e. The molecule has 3 aromatic heterocycles. The zero-order valence-corrected chi connectivity index (χ0v) is 21.1. The van der Waals surface area contributed by atoms with Crippen molar-refractivity contribution in [3.05, 3.63) is 77.6 Å². The molecule has 6 rings (SSSR count). The molecule has 1 amide bonds. The van der Waals surface area contributed by atoms with Gasteiger partial charge in [0, 0.05) is 30.7 Å². The van der Waals surface area contributed by atoms with Gasteiger partial charge in [-0.3, -0.25) is 23.6 Å². The smallest absolute Gasteiger partial charge is 0.329 e. The van der Waals surface area contributed by atoms with Gasteiger partial charge < -0.3 is 4.90 Å². The second-order valence-corrected chi connectivity index (χ2v) is 9.77. The van der Waals surface area contributed by atoms with Crippen LogP contribution in [-0.2, 0) is 18.4 Å². The number of carbonyl (C=O) groups is 1. The second kappa shape index (κ2) is 9.40. The van der Waals surface area contributed by atoms with Crippen molar-refractivity contribution in [1.29, 1.82) is 0 Å². The molecule has 1 atom stereocenters. The van der Waals surface area contributed by atoms with Crippen molar-refractivity contribution in [3.63, 3.8) is 0 Å². The van der Waals surface area contributed by atoms with E-state index in [1.807, 2.05) is 19.2 Å². The molecule has 5 aromatic rings. The molecule has 1 aliphatic rings. The van der Waals surface area contributed by atoms with Crippen molar-refractivity contribution in [3.8, 4) is 16.8 Å². The highest BCUT2D eigenvalue weighted by atomic mass is 19.4. The Morgan fingerprint density at radius 1 is 0.974 bits per heavy atom. The Hall–Kier alpha value is -4.41. The number of imidazole rings is 1. The van der Waals surface area contributed by atoms with Crippen LogP contribution in [-0.4, -0.2) is 53.5 Å². The fourth-order valence-electron chi connectivity index (χ4n) is 5.49. The number of carbonyl (C=O) groups excluding carboxylic acids is 1. The number of amides is 1. The fraction of sp³-hybridized carbons (Fsp3) is 0.286. The van der Waals surface area contributed by atoms with E-state index in [1.54, 1.807) is 59.7 Å². The van der Waals surface area contributed by atoms with Crippen molar-refractivity contribution in [2.75, 3.05) is 6.54 Å². The van der Waals surface area contributed by atoms with Crippen molar-refractivity contribution in [1.82, 2.24) is 28.8 Å². The molecule has 0 saturated carbocycles. The Balaban J connectivity index is 1.37. The molecular weight excluding hydrogens is 509 g/mol. The number of aromatic nitrogens is 5. The number of alkyl halides is 3. The first kappa shape index (κ1) is 24.9. The minimum absolute atomic E-state index is 0.0242. The first-order chi connectivity index (χ1) is 18.7. The second-order valence-electron chi connectivity index (χ2n) is 9.77. The standard InChI is InChI=1S/C28H25F3N6O2/c1-34-24-16-32-14-20(21(24)15-33-34)18-9-11-19(12-10-18)37-23-7-3-2-6-22(23)36(27(37)39)17-26(38)35-13-5-4-8-25(35)28(29,30)31/h2-3,6-7,9-12,14-16,25H,4-5,8,13,17H2,1H3/t25-/m1/s1. The van der Waals surface area contributed by atoms with Gasteiger partial charge in [-0.2, -0.15) is 18.3 Å². The van der Waals surface area contributed by atoms with Crippen LogP contribution in [0.25, 0.3) is 38.8 Å². The molecule has 200 valence electrons. The van der Waals surface area contributed by atoms with Gasteiger partial charge in [0.2, 0.25) is 5.91 Å². The number of aryl methyl sites for hydroxylation is 1. The lowest BCUT2D eigenvalue weighted by Crippen LogP contribution is -2.52. The lowest BCUT2D eigenvalue weighted by atomic mass is 10.0. The van der Waals surface area contributed by atoms with Crippen molar-refractivity contribution in [2.45, 2.75) is 38.0 Å². The Morgan fingerprint density at radius 2 is 1.72 bits per heavy atom. The molecule has 0 aliphatic carbocycles. The van der Waals surface area contributed by atoms with E-state index < -0.39 is 30.4 Å². The van der Waals surface area contributed by atoms with Crippen LogP contribution in [0.15, 0.2) is 71.9 Å². The average molecular weight is 535 g/mol. The van der Waals surface area contributed by atoms with Crippen LogP contribution < -0.4 is 5.69 Å². The number of fused-ring (bicyclic) bond motifs is 2. The van der Waals surface area contributed by atoms with Crippen LogP contribution >= 0.6 is 0 Å². The molecule has 0 spiro atoms. The van der Waals surface area contributed by atoms with Gasteiger partial charge in [-0.25, -0.2) is 4.79 Å². The maximum atomic E-state index is 13.6. The fourth-order valence-corrected chi connectivity index (χ4v) is 5.49. The Kier molecular flexibility index (Phi) is 6.00. The monoisotopic (exact) mass is 534 g/mol. The number of likely N-dealkylation sites (tertiary alicyclic amines) is 1. The summed E-state index contributed by atoms with van der Waals surface area (Å²) in [6.07, 6.45) is 1.57. The largest absolute Gasteiger partial charge is 0.408 e. The first-order valence-electron chi connectivity index (χ1n) is 12.7. The predicted octanol–water partition coefficient (Wildman–Crippen LogP) is 4.68. The van der Waals surface area contributed by atoms with Crippen LogP contribution in [0.5, 0.6) is 0 Å². The molecule has 0 unspecified atom stereocenters. The maximum absolute atomic E-state index is 13.6. The highest BCUT2D eigenvalue weighted by Gasteiger charge is 2.46. The summed E-state index contributed by atoms with van der Waals surface area (Å²) in [5.41, 5.74) is 3.79. The van der Waals surface area contributed by atoms with E-state index in [9.17, 15) is 22.8 Å². The SMILES string of the molecule is Cn1ncc2c(-c3ccc(-n4c(=O)n(CC(=O)N5CCCC[C@@H]5C(F)(F)F)c5ccccc54)cc3)cncc21. The lowest BCUT2D eigenvalue weighted by molar-refractivity contribution is -0.196. The lowest BCUT2D eigenvalue weighted by Gasteiger charge is -2.36. The van der Waals surface area contributed by atoms with E-state index in [0.29, 0.717) is 29.6 Å². The molecule has 0 radical (unpaired) electrons. The van der Waals surface area contributed by atoms with Crippen LogP contribution in [0.4, 0.5) is 13.2 Å². The number of para-hydroxylation sites is 2. The van der Waals surface area contributed by atoms with Gasteiger partial charge >= 0.3 is 11.9 Å². The highest BCUT2D eigenvalue weighted by Crippen LogP contribution is 2.32. The third kappa shape index (κ3) is 4.27. The number of hydrogen-bond acceptors (Lipinski definition) is 4. The number of piperidine rings is 1. The van der Waals surface area contributed by atoms with E-state index in [1.165, 1.54) is 9.13 Å². The normalized spacial score (nSPS) is 16.3. The van der Waals surface area contributed by atoms with E-state index >= 15 is 0 Å². The first-order valence-corrected chi connectivity index (χ1v) is 12.7. The van der Waals surface area contributed by atoms with Crippen LogP contribution in [0.2, 0.25) is 0 Å². The number of nitrogens with zero attached hydrogens (tertiary/aromatic N) is 6. The van der Waals surface area contributed by atoms with Gasteiger partial charge in [0.05, 0.1) is 34.6 Å². The molecule has 39 heavy (non-hydrogen) atoms. The molecule has 1 saturated heterocycles. The van der Waals surface area contributed by atoms with Gasteiger partial charge in [0.15, 0.2) is 0 Å². The molecule has 4 heterocycles. The van der Waals surface area contributed by atoms with E-state index in [0.717, 1.165) is 26.9 Å². The van der Waals surface area contributed by atoms with E-state index in [-0.39, 0.29) is 13.0 Å². The summed E-state index contributed by atoms with van der Waals surface area (Å²) in [6.45, 7) is -0.442. The minimum atomic E-state index is -4.51. The number of pyridine rings is 1. The quantitative estimate of drug-likeness (QED) is 0.335. The molecule has 1 fully saturated rings. The predicted molar refractivity (Wildman–Crippen MR) is 140 cm³/mol. The van der Waals surface area contributed by atoms with Gasteiger partial charge in [0.1, 0.15) is 12.6 Å². The maximum Gasteiger partial charge on any atom is 0.408 e. The van der Waals surface area contributed by atoms with Crippen molar-refractivity contribution in [2.24, 2.45) is 7.05 Å². The average Bonchev–Trinajstić information content (AvgIpc) is 3.45. The molecule has 8 nitrogen and oxygen atoms in total. The van der Waals surface area contributed by atoms with Crippen molar-refractivity contribution >= 4 is 27.8 Å². The Labute approximate surface area is 220 Å². The summed E-state index contributed by atoms with van der Waals surface area (Å²) < 4.78 is 45.3. The molecule has 0 bridgehead atoms. The van der Waals surface area contributed by atoms with Crippen LogP contribution in [0, 0.1) is 0 Å². The number of benzene rings is 2. The molecule has 11 heteroatoms. The topological polar surface area (TPSA) is 78.0 Å². The Bertz CT molecular complexity index is 1750. The molecule has 0 N–H and O–H groups in total. The van der Waals surface area contributed by atoms with Crippen LogP contribution in [0.3, 0.4) is 0 Å².